The first-order valence-electron chi connectivity index (χ1n) is 7.47. The van der Waals surface area contributed by atoms with Gasteiger partial charge in [-0.25, -0.2) is 0 Å². The molecule has 0 radical (unpaired) electrons. The first kappa shape index (κ1) is 14.4. The predicted molar refractivity (Wildman–Crippen MR) is 86.1 cm³/mol. The van der Waals surface area contributed by atoms with Gasteiger partial charge in [0.05, 0.1) is 0 Å². The molecular formula is C17H21NO2S. The Labute approximate surface area is 129 Å². The molecule has 1 N–H and O–H groups in total. The number of rotatable bonds is 6. The molecule has 0 bridgehead atoms. The fourth-order valence-corrected chi connectivity index (χ4v) is 3.49. The van der Waals surface area contributed by atoms with Crippen molar-refractivity contribution in [1.82, 2.24) is 5.32 Å². The molecule has 2 atom stereocenters. The molecule has 1 aromatic heterocycles. The number of fused-ring (bicyclic) bond motifs is 1. The number of nitrogens with one attached hydrogen (secondary N) is 1. The highest BCUT2D eigenvalue weighted by Crippen LogP contribution is 2.35. The van der Waals surface area contributed by atoms with Gasteiger partial charge in [-0.05, 0) is 42.5 Å². The van der Waals surface area contributed by atoms with Crippen molar-refractivity contribution in [2.24, 2.45) is 0 Å². The molecule has 0 saturated heterocycles. The van der Waals surface area contributed by atoms with E-state index >= 15 is 0 Å². The van der Waals surface area contributed by atoms with Crippen LogP contribution >= 0.6 is 11.3 Å². The van der Waals surface area contributed by atoms with Crippen molar-refractivity contribution in [3.63, 3.8) is 0 Å². The van der Waals surface area contributed by atoms with Crippen molar-refractivity contribution in [1.29, 1.82) is 0 Å². The van der Waals surface area contributed by atoms with Crippen molar-refractivity contribution in [3.8, 4) is 11.5 Å². The van der Waals surface area contributed by atoms with Crippen LogP contribution in [-0.2, 0) is 0 Å². The van der Waals surface area contributed by atoms with E-state index in [9.17, 15) is 0 Å². The summed E-state index contributed by atoms with van der Waals surface area (Å²) in [5.41, 5.74) is 1.23. The Morgan fingerprint density at radius 2 is 2.10 bits per heavy atom. The van der Waals surface area contributed by atoms with Gasteiger partial charge in [-0.1, -0.05) is 25.5 Å². The highest BCUT2D eigenvalue weighted by atomic mass is 32.1. The third-order valence-corrected chi connectivity index (χ3v) is 4.80. The van der Waals surface area contributed by atoms with E-state index in [2.05, 4.69) is 48.8 Å². The number of hydrogen-bond acceptors (Lipinski definition) is 4. The van der Waals surface area contributed by atoms with Crippen LogP contribution in [0.25, 0.3) is 0 Å². The molecule has 0 amide bonds. The third-order valence-electron chi connectivity index (χ3n) is 3.81. The van der Waals surface area contributed by atoms with Gasteiger partial charge in [0.2, 0.25) is 6.79 Å². The van der Waals surface area contributed by atoms with Gasteiger partial charge in [0.15, 0.2) is 11.5 Å². The summed E-state index contributed by atoms with van der Waals surface area (Å²) in [4.78, 5) is 1.41. The number of benzene rings is 1. The molecule has 2 aromatic rings. The Bertz CT molecular complexity index is 582. The van der Waals surface area contributed by atoms with Crippen LogP contribution in [0.2, 0.25) is 0 Å². The second-order valence-electron chi connectivity index (χ2n) is 5.36. The largest absolute Gasteiger partial charge is 0.454 e. The molecule has 0 saturated carbocycles. The van der Waals surface area contributed by atoms with Gasteiger partial charge in [-0.2, -0.15) is 0 Å². The molecule has 4 heteroatoms. The summed E-state index contributed by atoms with van der Waals surface area (Å²) in [6.45, 7) is 4.76. The summed E-state index contributed by atoms with van der Waals surface area (Å²) >= 11 is 1.82. The minimum absolute atomic E-state index is 0.276. The van der Waals surface area contributed by atoms with Crippen molar-refractivity contribution in [2.45, 2.75) is 38.8 Å². The molecule has 3 rings (SSSR count). The smallest absolute Gasteiger partial charge is 0.231 e. The van der Waals surface area contributed by atoms with Gasteiger partial charge in [0.25, 0.3) is 0 Å². The zero-order chi connectivity index (χ0) is 14.7. The van der Waals surface area contributed by atoms with E-state index in [-0.39, 0.29) is 6.04 Å². The first-order chi connectivity index (χ1) is 10.3. The maximum Gasteiger partial charge on any atom is 0.231 e. The highest BCUT2D eigenvalue weighted by molar-refractivity contribution is 7.10. The molecular weight excluding hydrogens is 282 g/mol. The topological polar surface area (TPSA) is 30.5 Å². The highest BCUT2D eigenvalue weighted by Gasteiger charge is 2.19. The maximum atomic E-state index is 5.47. The van der Waals surface area contributed by atoms with Gasteiger partial charge >= 0.3 is 0 Å². The lowest BCUT2D eigenvalue weighted by Crippen LogP contribution is -2.24. The van der Waals surface area contributed by atoms with Crippen LogP contribution in [0, 0.1) is 0 Å². The van der Waals surface area contributed by atoms with Crippen LogP contribution in [0.1, 0.15) is 49.2 Å². The van der Waals surface area contributed by atoms with E-state index in [1.165, 1.54) is 16.9 Å². The van der Waals surface area contributed by atoms with E-state index in [0.29, 0.717) is 12.8 Å². The Morgan fingerprint density at radius 3 is 2.86 bits per heavy atom. The van der Waals surface area contributed by atoms with Crippen molar-refractivity contribution in [2.75, 3.05) is 6.79 Å². The Hall–Kier alpha value is -1.52. The normalized spacial score (nSPS) is 15.9. The van der Waals surface area contributed by atoms with Gasteiger partial charge in [0, 0.05) is 17.0 Å². The molecule has 2 heterocycles. The van der Waals surface area contributed by atoms with E-state index in [1.54, 1.807) is 0 Å². The molecule has 2 unspecified atom stereocenters. The lowest BCUT2D eigenvalue weighted by molar-refractivity contribution is 0.174. The lowest BCUT2D eigenvalue weighted by atomic mass is 10.0. The van der Waals surface area contributed by atoms with Gasteiger partial charge in [-0.3, -0.25) is 0 Å². The molecule has 3 nitrogen and oxygen atoms in total. The van der Waals surface area contributed by atoms with Crippen LogP contribution in [-0.4, -0.2) is 6.79 Å². The van der Waals surface area contributed by atoms with Gasteiger partial charge < -0.3 is 14.8 Å². The number of thiophene rings is 1. The van der Waals surface area contributed by atoms with E-state index < -0.39 is 0 Å². The Morgan fingerprint density at radius 1 is 1.24 bits per heavy atom. The second-order valence-corrected chi connectivity index (χ2v) is 6.34. The summed E-state index contributed by atoms with van der Waals surface area (Å²) in [6.07, 6.45) is 2.32. The average molecular weight is 303 g/mol. The average Bonchev–Trinajstić information content (AvgIpc) is 3.17. The molecule has 112 valence electrons. The van der Waals surface area contributed by atoms with Crippen molar-refractivity contribution < 1.29 is 9.47 Å². The summed E-state index contributed by atoms with van der Waals surface area (Å²) in [5, 5.41) is 5.89. The number of hydrogen-bond donors (Lipinski definition) is 1. The zero-order valence-corrected chi connectivity index (χ0v) is 13.3. The van der Waals surface area contributed by atoms with Crippen LogP contribution < -0.4 is 14.8 Å². The molecule has 0 aliphatic carbocycles. The first-order valence-corrected chi connectivity index (χ1v) is 8.35. The van der Waals surface area contributed by atoms with Crippen LogP contribution in [0.4, 0.5) is 0 Å². The van der Waals surface area contributed by atoms with Gasteiger partial charge in [0.1, 0.15) is 0 Å². The summed E-state index contributed by atoms with van der Waals surface area (Å²) in [5.74, 6) is 1.69. The van der Waals surface area contributed by atoms with Crippen LogP contribution in [0.3, 0.4) is 0 Å². The van der Waals surface area contributed by atoms with E-state index in [1.807, 2.05) is 17.4 Å². The lowest BCUT2D eigenvalue weighted by Gasteiger charge is -2.22. The standard InChI is InChI=1S/C17H21NO2S/c1-3-5-14(17-6-4-9-21-17)18-12(2)13-7-8-15-16(10-13)20-11-19-15/h4,6-10,12,14,18H,3,5,11H2,1-2H3. The summed E-state index contributed by atoms with van der Waals surface area (Å²) in [7, 11) is 0. The Kier molecular flexibility index (Phi) is 4.46. The molecule has 0 fully saturated rings. The van der Waals surface area contributed by atoms with E-state index in [4.69, 9.17) is 9.47 Å². The molecule has 1 aliphatic rings. The summed E-state index contributed by atoms with van der Waals surface area (Å²) < 4.78 is 10.8. The quantitative estimate of drug-likeness (QED) is 0.841. The maximum absolute atomic E-state index is 5.47. The molecule has 0 spiro atoms. The third kappa shape index (κ3) is 3.22. The second kappa shape index (κ2) is 6.50. The fourth-order valence-electron chi connectivity index (χ4n) is 2.67. The predicted octanol–water partition coefficient (Wildman–Crippen LogP) is 4.67. The van der Waals surface area contributed by atoms with Crippen LogP contribution in [0.15, 0.2) is 35.7 Å². The minimum atomic E-state index is 0.276. The van der Waals surface area contributed by atoms with Crippen LogP contribution in [0.5, 0.6) is 11.5 Å². The van der Waals surface area contributed by atoms with E-state index in [0.717, 1.165) is 17.9 Å². The van der Waals surface area contributed by atoms with Crippen molar-refractivity contribution >= 4 is 11.3 Å². The minimum Gasteiger partial charge on any atom is -0.454 e. The van der Waals surface area contributed by atoms with Gasteiger partial charge in [-0.15, -0.1) is 11.3 Å². The van der Waals surface area contributed by atoms with Crippen molar-refractivity contribution in [3.05, 3.63) is 46.2 Å². The fraction of sp³-hybridized carbons (Fsp3) is 0.412. The zero-order valence-electron chi connectivity index (χ0n) is 12.5. The molecule has 21 heavy (non-hydrogen) atoms. The molecule has 1 aromatic carbocycles. The summed E-state index contributed by atoms with van der Waals surface area (Å²) in [6, 6.07) is 11.2. The SMILES string of the molecule is CCCC(NC(C)c1ccc2c(c1)OCO2)c1cccs1. The Balaban J connectivity index is 1.73. The monoisotopic (exact) mass is 303 g/mol. The molecule has 1 aliphatic heterocycles. The number of ether oxygens (including phenoxy) is 2.